The molecule has 108 valence electrons. The largest absolute Gasteiger partial charge is 0.326 e. The number of thiophene rings is 1. The third-order valence-electron chi connectivity index (χ3n) is 2.81. The summed E-state index contributed by atoms with van der Waals surface area (Å²) in [6.07, 6.45) is 1.32. The lowest BCUT2D eigenvalue weighted by Gasteiger charge is -2.07. The lowest BCUT2D eigenvalue weighted by molar-refractivity contribution is -0.116. The maximum Gasteiger partial charge on any atom is 0.224 e. The highest BCUT2D eigenvalue weighted by molar-refractivity contribution is 7.07. The van der Waals surface area contributed by atoms with Crippen LogP contribution in [0, 0.1) is 0 Å². The van der Waals surface area contributed by atoms with Gasteiger partial charge in [0.25, 0.3) is 0 Å². The normalized spacial score (nSPS) is 9.85. The van der Waals surface area contributed by atoms with Crippen LogP contribution in [0.4, 0.5) is 5.69 Å². The minimum Gasteiger partial charge on any atom is -0.326 e. The SMILES string of the molecule is CNCc1cccc(NC(=O)CCc2ccsc2)c1.Cl. The number of carbonyl (C=O) groups excluding carboxylic acids is 1. The van der Waals surface area contributed by atoms with Crippen molar-refractivity contribution in [2.75, 3.05) is 12.4 Å². The quantitative estimate of drug-likeness (QED) is 0.858. The summed E-state index contributed by atoms with van der Waals surface area (Å²) in [6.45, 7) is 0.804. The van der Waals surface area contributed by atoms with Crippen LogP contribution in [0.1, 0.15) is 17.5 Å². The molecule has 0 saturated heterocycles. The number of rotatable bonds is 6. The average Bonchev–Trinajstić information content (AvgIpc) is 2.90. The molecule has 0 atom stereocenters. The highest BCUT2D eigenvalue weighted by Gasteiger charge is 2.04. The molecule has 0 spiro atoms. The van der Waals surface area contributed by atoms with Gasteiger partial charge in [-0.2, -0.15) is 11.3 Å². The van der Waals surface area contributed by atoms with Gasteiger partial charge in [-0.1, -0.05) is 12.1 Å². The molecule has 2 aromatic rings. The summed E-state index contributed by atoms with van der Waals surface area (Å²) in [6, 6.07) is 9.98. The monoisotopic (exact) mass is 310 g/mol. The van der Waals surface area contributed by atoms with Crippen molar-refractivity contribution in [3.05, 3.63) is 52.2 Å². The number of amides is 1. The summed E-state index contributed by atoms with van der Waals surface area (Å²) in [5.41, 5.74) is 3.25. The van der Waals surface area contributed by atoms with Crippen LogP contribution >= 0.6 is 23.7 Å². The van der Waals surface area contributed by atoms with Crippen LogP contribution in [-0.4, -0.2) is 13.0 Å². The van der Waals surface area contributed by atoms with Gasteiger partial charge in [0.15, 0.2) is 0 Å². The summed E-state index contributed by atoms with van der Waals surface area (Å²) in [7, 11) is 1.91. The maximum absolute atomic E-state index is 11.9. The van der Waals surface area contributed by atoms with Gasteiger partial charge < -0.3 is 10.6 Å². The van der Waals surface area contributed by atoms with Gasteiger partial charge in [0.05, 0.1) is 0 Å². The van der Waals surface area contributed by atoms with E-state index in [0.717, 1.165) is 24.2 Å². The third kappa shape index (κ3) is 5.33. The van der Waals surface area contributed by atoms with Gasteiger partial charge >= 0.3 is 0 Å². The standard InChI is InChI=1S/C15H18N2OS.ClH/c1-16-10-13-3-2-4-14(9-13)17-15(18)6-5-12-7-8-19-11-12;/h2-4,7-9,11,16H,5-6,10H2,1H3,(H,17,18);1H. The molecule has 2 rings (SSSR count). The van der Waals surface area contributed by atoms with Crippen LogP contribution < -0.4 is 10.6 Å². The Labute approximate surface area is 129 Å². The number of hydrogen-bond acceptors (Lipinski definition) is 3. The van der Waals surface area contributed by atoms with E-state index < -0.39 is 0 Å². The van der Waals surface area contributed by atoms with Crippen molar-refractivity contribution < 1.29 is 4.79 Å². The number of benzene rings is 1. The van der Waals surface area contributed by atoms with Crippen LogP contribution in [0.25, 0.3) is 0 Å². The summed E-state index contributed by atoms with van der Waals surface area (Å²) in [5.74, 6) is 0.0628. The molecule has 0 aliphatic carbocycles. The van der Waals surface area contributed by atoms with E-state index in [1.54, 1.807) is 11.3 Å². The molecule has 0 radical (unpaired) electrons. The van der Waals surface area contributed by atoms with E-state index in [0.29, 0.717) is 6.42 Å². The van der Waals surface area contributed by atoms with Crippen molar-refractivity contribution >= 4 is 35.3 Å². The molecule has 1 aromatic heterocycles. The number of anilines is 1. The van der Waals surface area contributed by atoms with Crippen LogP contribution in [0.2, 0.25) is 0 Å². The zero-order valence-corrected chi connectivity index (χ0v) is 13.0. The van der Waals surface area contributed by atoms with E-state index in [-0.39, 0.29) is 18.3 Å². The maximum atomic E-state index is 11.9. The molecule has 0 aliphatic rings. The first-order valence-corrected chi connectivity index (χ1v) is 7.26. The second kappa shape index (κ2) is 8.74. The molecule has 0 saturated carbocycles. The van der Waals surface area contributed by atoms with E-state index in [9.17, 15) is 4.79 Å². The number of aryl methyl sites for hydroxylation is 1. The van der Waals surface area contributed by atoms with Gasteiger partial charge in [0.2, 0.25) is 5.91 Å². The fourth-order valence-electron chi connectivity index (χ4n) is 1.88. The Balaban J connectivity index is 0.00000200. The summed E-state index contributed by atoms with van der Waals surface area (Å²) >= 11 is 1.66. The smallest absolute Gasteiger partial charge is 0.224 e. The summed E-state index contributed by atoms with van der Waals surface area (Å²) in [4.78, 5) is 11.9. The van der Waals surface area contributed by atoms with Crippen LogP contribution in [0.15, 0.2) is 41.1 Å². The van der Waals surface area contributed by atoms with Gasteiger partial charge in [-0.3, -0.25) is 4.79 Å². The minimum absolute atomic E-state index is 0. The Morgan fingerprint density at radius 3 is 2.80 bits per heavy atom. The molecular weight excluding hydrogens is 292 g/mol. The third-order valence-corrected chi connectivity index (χ3v) is 3.54. The van der Waals surface area contributed by atoms with E-state index in [1.807, 2.05) is 36.7 Å². The Morgan fingerprint density at radius 1 is 1.25 bits per heavy atom. The van der Waals surface area contributed by atoms with Crippen molar-refractivity contribution in [1.82, 2.24) is 5.32 Å². The Bertz CT molecular complexity index is 528. The number of hydrogen-bond donors (Lipinski definition) is 2. The summed E-state index contributed by atoms with van der Waals surface area (Å²) in [5, 5.41) is 10.2. The summed E-state index contributed by atoms with van der Waals surface area (Å²) < 4.78 is 0. The van der Waals surface area contributed by atoms with Crippen molar-refractivity contribution in [2.45, 2.75) is 19.4 Å². The number of nitrogens with one attached hydrogen (secondary N) is 2. The molecule has 0 aliphatic heterocycles. The predicted molar refractivity (Wildman–Crippen MR) is 87.7 cm³/mol. The predicted octanol–water partition coefficient (Wildman–Crippen LogP) is 3.46. The Hall–Kier alpha value is -1.36. The topological polar surface area (TPSA) is 41.1 Å². The Kier molecular flexibility index (Phi) is 7.30. The first-order valence-electron chi connectivity index (χ1n) is 6.32. The second-order valence-electron chi connectivity index (χ2n) is 4.41. The minimum atomic E-state index is 0. The van der Waals surface area contributed by atoms with Crippen molar-refractivity contribution in [3.63, 3.8) is 0 Å². The van der Waals surface area contributed by atoms with Gasteiger partial charge in [0.1, 0.15) is 0 Å². The Morgan fingerprint density at radius 2 is 2.10 bits per heavy atom. The van der Waals surface area contributed by atoms with Crippen molar-refractivity contribution in [3.8, 4) is 0 Å². The fraction of sp³-hybridized carbons (Fsp3) is 0.267. The molecule has 1 amide bonds. The fourth-order valence-corrected chi connectivity index (χ4v) is 2.58. The van der Waals surface area contributed by atoms with Gasteiger partial charge in [0, 0.05) is 18.7 Å². The van der Waals surface area contributed by atoms with Crippen LogP contribution in [0.3, 0.4) is 0 Å². The number of carbonyl (C=O) groups is 1. The number of halogens is 1. The lowest BCUT2D eigenvalue weighted by Crippen LogP contribution is -2.13. The van der Waals surface area contributed by atoms with Gasteiger partial charge in [-0.05, 0) is 53.6 Å². The molecule has 2 N–H and O–H groups in total. The molecule has 0 fully saturated rings. The molecule has 3 nitrogen and oxygen atoms in total. The van der Waals surface area contributed by atoms with E-state index in [1.165, 1.54) is 5.56 Å². The molecule has 1 heterocycles. The molecule has 0 unspecified atom stereocenters. The van der Waals surface area contributed by atoms with E-state index in [2.05, 4.69) is 22.1 Å². The van der Waals surface area contributed by atoms with Crippen LogP contribution in [-0.2, 0) is 17.8 Å². The van der Waals surface area contributed by atoms with Gasteiger partial charge in [-0.25, -0.2) is 0 Å². The zero-order valence-electron chi connectivity index (χ0n) is 11.4. The van der Waals surface area contributed by atoms with Crippen molar-refractivity contribution in [1.29, 1.82) is 0 Å². The molecule has 20 heavy (non-hydrogen) atoms. The first-order chi connectivity index (χ1) is 9.28. The average molecular weight is 311 g/mol. The van der Waals surface area contributed by atoms with Gasteiger partial charge in [-0.15, -0.1) is 12.4 Å². The van der Waals surface area contributed by atoms with E-state index >= 15 is 0 Å². The molecule has 1 aromatic carbocycles. The molecular formula is C15H19ClN2OS. The molecule has 0 bridgehead atoms. The molecule has 5 heteroatoms. The first kappa shape index (κ1) is 16.7. The highest BCUT2D eigenvalue weighted by atomic mass is 35.5. The zero-order chi connectivity index (χ0) is 13.5. The van der Waals surface area contributed by atoms with Crippen molar-refractivity contribution in [2.24, 2.45) is 0 Å². The lowest BCUT2D eigenvalue weighted by atomic mass is 10.1. The second-order valence-corrected chi connectivity index (χ2v) is 5.19. The highest BCUT2D eigenvalue weighted by Crippen LogP contribution is 2.12. The van der Waals surface area contributed by atoms with E-state index in [4.69, 9.17) is 0 Å². The van der Waals surface area contributed by atoms with Crippen LogP contribution in [0.5, 0.6) is 0 Å².